The van der Waals surface area contributed by atoms with E-state index in [1.54, 1.807) is 0 Å². The topological polar surface area (TPSA) is 78.9 Å². The van der Waals surface area contributed by atoms with Gasteiger partial charge in [0.25, 0.3) is 0 Å². The molecule has 0 N–H and O–H groups in total. The van der Waals surface area contributed by atoms with Gasteiger partial charge in [-0.1, -0.05) is 347 Å². The van der Waals surface area contributed by atoms with E-state index in [0.717, 1.165) is 70.6 Å². The van der Waals surface area contributed by atoms with Crippen molar-refractivity contribution in [3.63, 3.8) is 0 Å². The Morgan fingerprint density at radius 1 is 0.260 bits per heavy atom. The van der Waals surface area contributed by atoms with Crippen LogP contribution in [-0.4, -0.2) is 37.2 Å². The molecule has 0 unspecified atom stereocenters. The van der Waals surface area contributed by atoms with Crippen LogP contribution in [0.4, 0.5) is 0 Å². The molecule has 0 spiro atoms. The van der Waals surface area contributed by atoms with Crippen LogP contribution < -0.4 is 0 Å². The van der Waals surface area contributed by atoms with E-state index in [1.165, 1.54) is 283 Å². The van der Waals surface area contributed by atoms with Crippen LogP contribution in [0.15, 0.2) is 24.3 Å². The fraction of sp³-hybridized carbons (Fsp3) is 0.901. The standard InChI is InChI=1S/C71H134O6/c1-4-7-10-13-16-19-22-25-28-31-33-35-37-40-43-46-49-52-55-58-61-64-70(73)76-67-68(66-75-69(72)63-60-57-54-51-48-45-42-39-30-27-24-21-18-15-12-9-6-3)77-71(74)65-62-59-56-53-50-47-44-41-38-36-34-32-29-26-23-20-17-14-11-8-5-2/h18,21,27,30,68H,4-17,19-20,22-26,28-29,31-67H2,1-3H3/b21-18-,30-27-/t68-/m1/s1. The van der Waals surface area contributed by atoms with E-state index in [4.69, 9.17) is 14.2 Å². The number of allylic oxidation sites excluding steroid dienone is 4. The van der Waals surface area contributed by atoms with Gasteiger partial charge in [-0.2, -0.15) is 0 Å². The largest absolute Gasteiger partial charge is 0.462 e. The number of hydrogen-bond acceptors (Lipinski definition) is 6. The number of carbonyl (C=O) groups excluding carboxylic acids is 3. The first-order valence-corrected chi connectivity index (χ1v) is 34.8. The van der Waals surface area contributed by atoms with E-state index >= 15 is 0 Å². The number of esters is 3. The average molecular weight is 1080 g/mol. The molecule has 0 heterocycles. The summed E-state index contributed by atoms with van der Waals surface area (Å²) >= 11 is 0. The molecule has 0 amide bonds. The number of carbonyl (C=O) groups is 3. The highest BCUT2D eigenvalue weighted by atomic mass is 16.6. The SMILES string of the molecule is CCCCC/C=C\C/C=C\CCCCCCCCCC(=O)OC[C@H](COC(=O)CCCCCCCCCCCCCCCCCCCCCCC)OC(=O)CCCCCCCCCCCCCCCCCCCCCCC. The zero-order valence-corrected chi connectivity index (χ0v) is 52.3. The summed E-state index contributed by atoms with van der Waals surface area (Å²) in [6, 6.07) is 0. The van der Waals surface area contributed by atoms with Crippen molar-refractivity contribution in [2.45, 2.75) is 399 Å². The molecule has 0 bridgehead atoms. The molecule has 0 saturated carbocycles. The molecular weight excluding hydrogens is 949 g/mol. The van der Waals surface area contributed by atoms with Gasteiger partial charge in [0.05, 0.1) is 0 Å². The lowest BCUT2D eigenvalue weighted by molar-refractivity contribution is -0.167. The van der Waals surface area contributed by atoms with Crippen LogP contribution in [0.1, 0.15) is 393 Å². The summed E-state index contributed by atoms with van der Waals surface area (Å²) in [5.41, 5.74) is 0. The van der Waals surface area contributed by atoms with Crippen LogP contribution in [0.2, 0.25) is 0 Å². The summed E-state index contributed by atoms with van der Waals surface area (Å²) < 4.78 is 17.0. The second kappa shape index (κ2) is 66.4. The van der Waals surface area contributed by atoms with Crippen LogP contribution >= 0.6 is 0 Å². The summed E-state index contributed by atoms with van der Waals surface area (Å²) in [7, 11) is 0. The number of rotatable bonds is 65. The van der Waals surface area contributed by atoms with Gasteiger partial charge in [-0.25, -0.2) is 0 Å². The molecule has 0 radical (unpaired) electrons. The van der Waals surface area contributed by atoms with Crippen LogP contribution in [0.3, 0.4) is 0 Å². The highest BCUT2D eigenvalue weighted by Gasteiger charge is 2.19. The van der Waals surface area contributed by atoms with Crippen LogP contribution in [0, 0.1) is 0 Å². The van der Waals surface area contributed by atoms with Crippen molar-refractivity contribution in [3.8, 4) is 0 Å². The van der Waals surface area contributed by atoms with Gasteiger partial charge in [-0.05, 0) is 51.4 Å². The minimum atomic E-state index is -0.771. The van der Waals surface area contributed by atoms with E-state index in [1.807, 2.05) is 0 Å². The predicted octanol–water partition coefficient (Wildman–Crippen LogP) is 23.8. The molecule has 0 saturated heterocycles. The van der Waals surface area contributed by atoms with E-state index in [0.29, 0.717) is 19.3 Å². The van der Waals surface area contributed by atoms with Gasteiger partial charge in [-0.3, -0.25) is 14.4 Å². The summed E-state index contributed by atoms with van der Waals surface area (Å²) in [4.78, 5) is 38.4. The van der Waals surface area contributed by atoms with Crippen molar-refractivity contribution in [1.82, 2.24) is 0 Å². The van der Waals surface area contributed by atoms with Gasteiger partial charge in [0.15, 0.2) is 6.10 Å². The first-order chi connectivity index (χ1) is 38.0. The van der Waals surface area contributed by atoms with E-state index in [2.05, 4.69) is 45.1 Å². The zero-order chi connectivity index (χ0) is 55.7. The number of ether oxygens (including phenoxy) is 3. The van der Waals surface area contributed by atoms with Gasteiger partial charge in [0, 0.05) is 19.3 Å². The fourth-order valence-electron chi connectivity index (χ4n) is 10.7. The molecule has 1 atom stereocenters. The monoisotopic (exact) mass is 1080 g/mol. The molecule has 6 heteroatoms. The van der Waals surface area contributed by atoms with E-state index in [9.17, 15) is 14.4 Å². The smallest absolute Gasteiger partial charge is 0.306 e. The Morgan fingerprint density at radius 3 is 0.740 bits per heavy atom. The van der Waals surface area contributed by atoms with Crippen LogP contribution in [0.5, 0.6) is 0 Å². The summed E-state index contributed by atoms with van der Waals surface area (Å²) in [5, 5.41) is 0. The third kappa shape index (κ3) is 64.6. The Morgan fingerprint density at radius 2 is 0.468 bits per heavy atom. The van der Waals surface area contributed by atoms with Crippen molar-refractivity contribution in [2.24, 2.45) is 0 Å². The summed E-state index contributed by atoms with van der Waals surface area (Å²) in [6.07, 6.45) is 80.5. The highest BCUT2D eigenvalue weighted by molar-refractivity contribution is 5.71. The summed E-state index contributed by atoms with van der Waals surface area (Å²) in [6.45, 7) is 6.70. The second-order valence-electron chi connectivity index (χ2n) is 23.8. The second-order valence-corrected chi connectivity index (χ2v) is 23.8. The molecule has 77 heavy (non-hydrogen) atoms. The first kappa shape index (κ1) is 74.9. The molecule has 0 aliphatic heterocycles. The lowest BCUT2D eigenvalue weighted by Crippen LogP contribution is -2.30. The predicted molar refractivity (Wildman–Crippen MR) is 335 cm³/mol. The first-order valence-electron chi connectivity index (χ1n) is 34.8. The van der Waals surface area contributed by atoms with E-state index in [-0.39, 0.29) is 31.1 Å². The highest BCUT2D eigenvalue weighted by Crippen LogP contribution is 2.19. The quantitative estimate of drug-likeness (QED) is 0.0261. The molecular formula is C71H134O6. The van der Waals surface area contributed by atoms with Gasteiger partial charge >= 0.3 is 17.9 Å². The molecule has 0 aromatic heterocycles. The zero-order valence-electron chi connectivity index (χ0n) is 52.3. The van der Waals surface area contributed by atoms with Crippen molar-refractivity contribution >= 4 is 17.9 Å². The molecule has 6 nitrogen and oxygen atoms in total. The third-order valence-electron chi connectivity index (χ3n) is 16.0. The maximum Gasteiger partial charge on any atom is 0.306 e. The molecule has 0 fully saturated rings. The Hall–Kier alpha value is -2.11. The Balaban J connectivity index is 4.29. The normalized spacial score (nSPS) is 12.1. The molecule has 0 aliphatic carbocycles. The maximum absolute atomic E-state index is 13.0. The van der Waals surface area contributed by atoms with Gasteiger partial charge in [-0.15, -0.1) is 0 Å². The molecule has 0 rings (SSSR count). The van der Waals surface area contributed by atoms with Crippen molar-refractivity contribution < 1.29 is 28.6 Å². The lowest BCUT2D eigenvalue weighted by Gasteiger charge is -2.18. The molecule has 0 aromatic carbocycles. The molecule has 454 valence electrons. The number of hydrogen-bond donors (Lipinski definition) is 0. The lowest BCUT2D eigenvalue weighted by atomic mass is 10.0. The molecule has 0 aromatic rings. The summed E-state index contributed by atoms with van der Waals surface area (Å²) in [5.74, 6) is -0.841. The van der Waals surface area contributed by atoms with Crippen molar-refractivity contribution in [3.05, 3.63) is 24.3 Å². The fourth-order valence-corrected chi connectivity index (χ4v) is 10.7. The van der Waals surface area contributed by atoms with E-state index < -0.39 is 6.10 Å². The Kier molecular flexibility index (Phi) is 64.6. The van der Waals surface area contributed by atoms with Crippen LogP contribution in [0.25, 0.3) is 0 Å². The minimum Gasteiger partial charge on any atom is -0.462 e. The van der Waals surface area contributed by atoms with Crippen molar-refractivity contribution in [1.29, 1.82) is 0 Å². The van der Waals surface area contributed by atoms with Crippen molar-refractivity contribution in [2.75, 3.05) is 13.2 Å². The maximum atomic E-state index is 13.0. The van der Waals surface area contributed by atoms with Crippen LogP contribution in [-0.2, 0) is 28.6 Å². The Bertz CT molecular complexity index is 1240. The van der Waals surface area contributed by atoms with Gasteiger partial charge in [0.1, 0.15) is 13.2 Å². The van der Waals surface area contributed by atoms with Gasteiger partial charge < -0.3 is 14.2 Å². The minimum absolute atomic E-state index is 0.0671. The third-order valence-corrected chi connectivity index (χ3v) is 16.0. The number of unbranched alkanes of at least 4 members (excludes halogenated alkanes) is 50. The average Bonchev–Trinajstić information content (AvgIpc) is 3.43. The van der Waals surface area contributed by atoms with Gasteiger partial charge in [0.2, 0.25) is 0 Å². The molecule has 0 aliphatic rings. The Labute approximate surface area is 481 Å².